The SMILES string of the molecule is Cn1cc(CSc2n[nH]c(CCC3CCCC3)n2)cn1. The van der Waals surface area contributed by atoms with Gasteiger partial charge in [-0.15, -0.1) is 5.10 Å². The van der Waals surface area contributed by atoms with Crippen LogP contribution < -0.4 is 0 Å². The summed E-state index contributed by atoms with van der Waals surface area (Å²) in [6.07, 6.45) is 11.8. The van der Waals surface area contributed by atoms with Gasteiger partial charge in [0.25, 0.3) is 0 Å². The molecule has 2 aromatic heterocycles. The Kier molecular flexibility index (Phi) is 4.40. The molecule has 0 bridgehead atoms. The predicted molar refractivity (Wildman–Crippen MR) is 79.4 cm³/mol. The van der Waals surface area contributed by atoms with Gasteiger partial charge in [-0.3, -0.25) is 9.78 Å². The van der Waals surface area contributed by atoms with Crippen LogP contribution in [0.4, 0.5) is 0 Å². The molecule has 0 unspecified atom stereocenters. The van der Waals surface area contributed by atoms with Gasteiger partial charge in [-0.2, -0.15) is 5.10 Å². The molecule has 2 aromatic rings. The van der Waals surface area contributed by atoms with Crippen molar-refractivity contribution >= 4 is 11.8 Å². The lowest BCUT2D eigenvalue weighted by molar-refractivity contribution is 0.497. The quantitative estimate of drug-likeness (QED) is 0.831. The Morgan fingerprint density at radius 3 is 3.00 bits per heavy atom. The Hall–Kier alpha value is -1.30. The van der Waals surface area contributed by atoms with E-state index in [1.165, 1.54) is 37.7 Å². The molecule has 20 heavy (non-hydrogen) atoms. The van der Waals surface area contributed by atoms with Gasteiger partial charge in [0, 0.05) is 31.0 Å². The number of nitrogens with zero attached hydrogens (tertiary/aromatic N) is 4. The monoisotopic (exact) mass is 291 g/mol. The standard InChI is InChI=1S/C14H21N5S/c1-19-9-12(8-15-19)10-20-14-16-13(17-18-14)7-6-11-4-2-3-5-11/h8-9,11H,2-7,10H2,1H3,(H,16,17,18). The molecule has 0 radical (unpaired) electrons. The molecule has 2 heterocycles. The van der Waals surface area contributed by atoms with Crippen LogP contribution in [0.25, 0.3) is 0 Å². The van der Waals surface area contributed by atoms with Crippen molar-refractivity contribution in [2.45, 2.75) is 49.4 Å². The zero-order valence-electron chi connectivity index (χ0n) is 11.9. The normalized spacial score (nSPS) is 16.1. The van der Waals surface area contributed by atoms with E-state index in [0.29, 0.717) is 0 Å². The van der Waals surface area contributed by atoms with Crippen molar-refractivity contribution in [2.24, 2.45) is 13.0 Å². The van der Waals surface area contributed by atoms with Gasteiger partial charge >= 0.3 is 0 Å². The molecule has 0 atom stereocenters. The third kappa shape index (κ3) is 3.62. The van der Waals surface area contributed by atoms with Crippen LogP contribution in [-0.4, -0.2) is 25.0 Å². The molecule has 1 aliphatic rings. The molecule has 1 aliphatic carbocycles. The number of aryl methyl sites for hydroxylation is 2. The second-order valence-electron chi connectivity index (χ2n) is 5.56. The fraction of sp³-hybridized carbons (Fsp3) is 0.643. The summed E-state index contributed by atoms with van der Waals surface area (Å²) >= 11 is 1.66. The van der Waals surface area contributed by atoms with Crippen molar-refractivity contribution in [2.75, 3.05) is 0 Å². The van der Waals surface area contributed by atoms with Crippen molar-refractivity contribution in [1.29, 1.82) is 0 Å². The highest BCUT2D eigenvalue weighted by Crippen LogP contribution is 2.28. The van der Waals surface area contributed by atoms with Gasteiger partial charge in [-0.1, -0.05) is 37.4 Å². The molecule has 0 saturated heterocycles. The van der Waals surface area contributed by atoms with E-state index in [1.54, 1.807) is 11.8 Å². The first-order valence-corrected chi connectivity index (χ1v) is 8.30. The molecular weight excluding hydrogens is 270 g/mol. The van der Waals surface area contributed by atoms with Crippen LogP contribution in [0.5, 0.6) is 0 Å². The molecule has 1 saturated carbocycles. The van der Waals surface area contributed by atoms with Gasteiger partial charge < -0.3 is 0 Å². The number of aromatic nitrogens is 5. The van der Waals surface area contributed by atoms with Crippen LogP contribution in [0.1, 0.15) is 43.5 Å². The maximum absolute atomic E-state index is 4.56. The minimum Gasteiger partial charge on any atom is -0.276 e. The highest BCUT2D eigenvalue weighted by molar-refractivity contribution is 7.98. The zero-order chi connectivity index (χ0) is 13.8. The lowest BCUT2D eigenvalue weighted by Gasteiger charge is -2.05. The Morgan fingerprint density at radius 1 is 1.40 bits per heavy atom. The van der Waals surface area contributed by atoms with Gasteiger partial charge in [0.15, 0.2) is 0 Å². The van der Waals surface area contributed by atoms with Crippen molar-refractivity contribution in [1.82, 2.24) is 25.0 Å². The van der Waals surface area contributed by atoms with E-state index in [0.717, 1.165) is 29.1 Å². The average Bonchev–Trinajstić information content (AvgIpc) is 3.16. The largest absolute Gasteiger partial charge is 0.276 e. The van der Waals surface area contributed by atoms with Crippen LogP contribution in [0.15, 0.2) is 17.6 Å². The van der Waals surface area contributed by atoms with Crippen molar-refractivity contribution in [3.63, 3.8) is 0 Å². The van der Waals surface area contributed by atoms with Crippen LogP contribution in [-0.2, 0) is 19.2 Å². The smallest absolute Gasteiger partial charge is 0.208 e. The number of nitrogens with one attached hydrogen (secondary N) is 1. The molecular formula is C14H21N5S. The summed E-state index contributed by atoms with van der Waals surface area (Å²) in [6.45, 7) is 0. The van der Waals surface area contributed by atoms with E-state index in [-0.39, 0.29) is 0 Å². The highest BCUT2D eigenvalue weighted by atomic mass is 32.2. The summed E-state index contributed by atoms with van der Waals surface area (Å²) in [4.78, 5) is 4.56. The maximum Gasteiger partial charge on any atom is 0.208 e. The summed E-state index contributed by atoms with van der Waals surface area (Å²) in [5.74, 6) is 2.81. The Labute approximate surface area is 123 Å². The first kappa shape index (κ1) is 13.7. The Bertz CT molecular complexity index is 541. The number of H-pyrrole nitrogens is 1. The number of rotatable bonds is 6. The Balaban J connectivity index is 1.46. The molecule has 0 amide bonds. The Morgan fingerprint density at radius 2 is 2.25 bits per heavy atom. The van der Waals surface area contributed by atoms with Gasteiger partial charge in [0.2, 0.25) is 5.16 Å². The molecule has 0 spiro atoms. The van der Waals surface area contributed by atoms with Gasteiger partial charge in [0.1, 0.15) is 5.82 Å². The fourth-order valence-corrected chi connectivity index (χ4v) is 3.52. The van der Waals surface area contributed by atoms with Gasteiger partial charge in [0.05, 0.1) is 6.20 Å². The van der Waals surface area contributed by atoms with E-state index in [1.807, 2.05) is 24.1 Å². The second-order valence-corrected chi connectivity index (χ2v) is 6.51. The van der Waals surface area contributed by atoms with E-state index in [2.05, 4.69) is 20.3 Å². The molecule has 5 nitrogen and oxygen atoms in total. The molecule has 0 aliphatic heterocycles. The third-order valence-electron chi connectivity index (χ3n) is 3.90. The third-order valence-corrected chi connectivity index (χ3v) is 4.82. The van der Waals surface area contributed by atoms with Gasteiger partial charge in [-0.25, -0.2) is 4.98 Å². The lowest BCUT2D eigenvalue weighted by Crippen LogP contribution is -1.97. The van der Waals surface area contributed by atoms with E-state index < -0.39 is 0 Å². The minimum absolute atomic E-state index is 0.843. The van der Waals surface area contributed by atoms with E-state index >= 15 is 0 Å². The second kappa shape index (κ2) is 6.43. The summed E-state index contributed by atoms with van der Waals surface area (Å²) in [7, 11) is 1.93. The topological polar surface area (TPSA) is 59.4 Å². The van der Waals surface area contributed by atoms with Crippen LogP contribution in [0.2, 0.25) is 0 Å². The zero-order valence-corrected chi connectivity index (χ0v) is 12.7. The summed E-state index contributed by atoms with van der Waals surface area (Å²) in [5.41, 5.74) is 1.20. The van der Waals surface area contributed by atoms with Crippen LogP contribution in [0, 0.1) is 5.92 Å². The number of hydrogen-bond acceptors (Lipinski definition) is 4. The van der Waals surface area contributed by atoms with Gasteiger partial charge in [-0.05, 0) is 12.3 Å². The minimum atomic E-state index is 0.843. The van der Waals surface area contributed by atoms with Crippen molar-refractivity contribution in [3.8, 4) is 0 Å². The first-order chi connectivity index (χ1) is 9.79. The summed E-state index contributed by atoms with van der Waals surface area (Å²) in [6, 6.07) is 0. The van der Waals surface area contributed by atoms with Crippen LogP contribution in [0.3, 0.4) is 0 Å². The molecule has 6 heteroatoms. The molecule has 108 valence electrons. The van der Waals surface area contributed by atoms with Crippen LogP contribution >= 0.6 is 11.8 Å². The number of aromatic amines is 1. The van der Waals surface area contributed by atoms with E-state index in [9.17, 15) is 0 Å². The van der Waals surface area contributed by atoms with E-state index in [4.69, 9.17) is 0 Å². The molecule has 1 fully saturated rings. The van der Waals surface area contributed by atoms with Crippen molar-refractivity contribution < 1.29 is 0 Å². The first-order valence-electron chi connectivity index (χ1n) is 7.31. The highest BCUT2D eigenvalue weighted by Gasteiger charge is 2.15. The number of thioether (sulfide) groups is 1. The lowest BCUT2D eigenvalue weighted by atomic mass is 10.0. The molecule has 3 rings (SSSR count). The fourth-order valence-electron chi connectivity index (χ4n) is 2.79. The maximum atomic E-state index is 4.56. The van der Waals surface area contributed by atoms with Crippen molar-refractivity contribution in [3.05, 3.63) is 23.8 Å². The molecule has 0 aromatic carbocycles. The summed E-state index contributed by atoms with van der Waals surface area (Å²) < 4.78 is 1.82. The summed E-state index contributed by atoms with van der Waals surface area (Å²) in [5, 5.41) is 12.4. The average molecular weight is 291 g/mol. The molecule has 1 N–H and O–H groups in total. The predicted octanol–water partition coefficient (Wildman–Crippen LogP) is 2.95. The number of hydrogen-bond donors (Lipinski definition) is 1.